The summed E-state index contributed by atoms with van der Waals surface area (Å²) in [5.41, 5.74) is 0. The van der Waals surface area contributed by atoms with Crippen LogP contribution in [0.1, 0.15) is 60.3 Å². The molecular weight excluding hydrogens is 170 g/mol. The van der Waals surface area contributed by atoms with Gasteiger partial charge in [0.1, 0.15) is 0 Å². The van der Waals surface area contributed by atoms with Crippen molar-refractivity contribution in [2.45, 2.75) is 60.3 Å². The van der Waals surface area contributed by atoms with Crippen LogP contribution in [0.2, 0.25) is 0 Å². The van der Waals surface area contributed by atoms with Gasteiger partial charge in [-0.2, -0.15) is 0 Å². The number of rotatable bonds is 7. The summed E-state index contributed by atoms with van der Waals surface area (Å²) < 4.78 is 0. The molecule has 1 heteroatoms. The molecule has 0 aliphatic carbocycles. The van der Waals surface area contributed by atoms with Crippen LogP contribution in [0.15, 0.2) is 0 Å². The number of hydrogen-bond donors (Lipinski definition) is 0. The van der Waals surface area contributed by atoms with E-state index in [0.29, 0.717) is 0 Å². The first kappa shape index (κ1) is 16.4. The Morgan fingerprint density at radius 3 is 2.00 bits per heavy atom. The summed E-state index contributed by atoms with van der Waals surface area (Å²) in [5, 5.41) is 0. The fourth-order valence-electron chi connectivity index (χ4n) is 1.43. The number of hydrogen-bond acceptors (Lipinski definition) is 1. The molecule has 0 fully saturated rings. The third-order valence-corrected chi connectivity index (χ3v) is 2.18. The van der Waals surface area contributed by atoms with Gasteiger partial charge in [0, 0.05) is 0 Å². The fraction of sp³-hybridized carbons (Fsp3) is 1.00. The molecule has 0 spiro atoms. The third kappa shape index (κ3) is 14.5. The molecule has 0 aromatic heterocycles. The summed E-state index contributed by atoms with van der Waals surface area (Å²) in [5.74, 6) is 0.876. The zero-order valence-electron chi connectivity index (χ0n) is 11.3. The number of unbranched alkanes of at least 4 members (excludes halogenated alkanes) is 1. The van der Waals surface area contributed by atoms with Crippen molar-refractivity contribution >= 4 is 0 Å². The summed E-state index contributed by atoms with van der Waals surface area (Å²) in [7, 11) is 2.22. The van der Waals surface area contributed by atoms with Gasteiger partial charge in [0.15, 0.2) is 0 Å². The minimum absolute atomic E-state index is 0.876. The molecule has 0 N–H and O–H groups in total. The van der Waals surface area contributed by atoms with Crippen molar-refractivity contribution in [2.75, 3.05) is 20.1 Å². The second-order valence-corrected chi connectivity index (χ2v) is 4.19. The Morgan fingerprint density at radius 2 is 1.57 bits per heavy atom. The van der Waals surface area contributed by atoms with E-state index in [1.807, 2.05) is 13.8 Å². The number of nitrogens with zero attached hydrogens (tertiary/aromatic N) is 1. The van der Waals surface area contributed by atoms with E-state index in [1.165, 1.54) is 38.8 Å². The highest BCUT2D eigenvalue weighted by molar-refractivity contribution is 4.52. The van der Waals surface area contributed by atoms with E-state index in [-0.39, 0.29) is 0 Å². The molecule has 0 radical (unpaired) electrons. The SMILES string of the molecule is CC.CCCN(C)CCCCC(C)C. The minimum Gasteiger partial charge on any atom is -0.306 e. The van der Waals surface area contributed by atoms with Gasteiger partial charge in [0.25, 0.3) is 0 Å². The molecule has 0 amide bonds. The van der Waals surface area contributed by atoms with Crippen molar-refractivity contribution in [3.05, 3.63) is 0 Å². The first-order chi connectivity index (χ1) is 6.66. The second-order valence-electron chi connectivity index (χ2n) is 4.19. The summed E-state index contributed by atoms with van der Waals surface area (Å²) in [6, 6.07) is 0. The molecule has 0 aromatic rings. The molecule has 0 rings (SSSR count). The summed E-state index contributed by atoms with van der Waals surface area (Å²) in [6.07, 6.45) is 5.43. The van der Waals surface area contributed by atoms with Gasteiger partial charge >= 0.3 is 0 Å². The highest BCUT2D eigenvalue weighted by atomic mass is 15.1. The zero-order valence-corrected chi connectivity index (χ0v) is 11.3. The maximum absolute atomic E-state index is 2.43. The van der Waals surface area contributed by atoms with Gasteiger partial charge in [-0.3, -0.25) is 0 Å². The monoisotopic (exact) mass is 201 g/mol. The van der Waals surface area contributed by atoms with E-state index in [9.17, 15) is 0 Å². The van der Waals surface area contributed by atoms with Gasteiger partial charge in [-0.1, -0.05) is 47.5 Å². The molecule has 0 saturated carbocycles. The Morgan fingerprint density at radius 1 is 1.00 bits per heavy atom. The van der Waals surface area contributed by atoms with Crippen molar-refractivity contribution in [3.63, 3.8) is 0 Å². The Hall–Kier alpha value is -0.0400. The van der Waals surface area contributed by atoms with Crippen LogP contribution >= 0.6 is 0 Å². The summed E-state index contributed by atoms with van der Waals surface area (Å²) >= 11 is 0. The topological polar surface area (TPSA) is 3.24 Å². The molecule has 0 unspecified atom stereocenters. The molecule has 1 nitrogen and oxygen atoms in total. The molecule has 0 aliphatic heterocycles. The van der Waals surface area contributed by atoms with Crippen LogP contribution in [0.3, 0.4) is 0 Å². The van der Waals surface area contributed by atoms with Crippen molar-refractivity contribution in [1.82, 2.24) is 4.90 Å². The van der Waals surface area contributed by atoms with Gasteiger partial charge in [-0.05, 0) is 38.9 Å². The first-order valence-electron chi connectivity index (χ1n) is 6.35. The Kier molecular flexibility index (Phi) is 15.2. The maximum atomic E-state index is 2.43. The minimum atomic E-state index is 0.876. The summed E-state index contributed by atoms with van der Waals surface area (Å²) in [6.45, 7) is 13.4. The van der Waals surface area contributed by atoms with Crippen molar-refractivity contribution in [1.29, 1.82) is 0 Å². The van der Waals surface area contributed by atoms with E-state index >= 15 is 0 Å². The van der Waals surface area contributed by atoms with Crippen LogP contribution in [0.4, 0.5) is 0 Å². The van der Waals surface area contributed by atoms with Crippen LogP contribution in [0, 0.1) is 5.92 Å². The van der Waals surface area contributed by atoms with E-state index in [0.717, 1.165) is 5.92 Å². The van der Waals surface area contributed by atoms with Gasteiger partial charge < -0.3 is 4.90 Å². The van der Waals surface area contributed by atoms with Gasteiger partial charge in [-0.15, -0.1) is 0 Å². The molecule has 0 saturated heterocycles. The predicted octanol–water partition coefficient (Wildman–Crippen LogP) is 4.18. The van der Waals surface area contributed by atoms with E-state index in [1.54, 1.807) is 0 Å². The molecular formula is C13H31N. The quantitative estimate of drug-likeness (QED) is 0.559. The van der Waals surface area contributed by atoms with Gasteiger partial charge in [0.05, 0.1) is 0 Å². The van der Waals surface area contributed by atoms with Crippen LogP contribution in [0.25, 0.3) is 0 Å². The van der Waals surface area contributed by atoms with E-state index in [4.69, 9.17) is 0 Å². The van der Waals surface area contributed by atoms with Gasteiger partial charge in [0.2, 0.25) is 0 Å². The molecule has 14 heavy (non-hydrogen) atoms. The van der Waals surface area contributed by atoms with Crippen LogP contribution in [-0.2, 0) is 0 Å². The van der Waals surface area contributed by atoms with E-state index < -0.39 is 0 Å². The highest BCUT2D eigenvalue weighted by Gasteiger charge is 1.97. The van der Waals surface area contributed by atoms with Crippen molar-refractivity contribution < 1.29 is 0 Å². The predicted molar refractivity (Wildman–Crippen MR) is 67.8 cm³/mol. The average Bonchev–Trinajstić information content (AvgIpc) is 2.16. The molecule has 0 aromatic carbocycles. The van der Waals surface area contributed by atoms with Crippen molar-refractivity contribution in [2.24, 2.45) is 5.92 Å². The molecule has 0 atom stereocenters. The Balaban J connectivity index is 0. The second kappa shape index (κ2) is 13.0. The first-order valence-corrected chi connectivity index (χ1v) is 6.35. The standard InChI is InChI=1S/C11H25N.C2H6/c1-5-9-12(4)10-7-6-8-11(2)3;1-2/h11H,5-10H2,1-4H3;1-2H3. The Bertz CT molecular complexity index is 89.2. The summed E-state index contributed by atoms with van der Waals surface area (Å²) in [4.78, 5) is 2.43. The molecule has 0 bridgehead atoms. The maximum Gasteiger partial charge on any atom is -0.00218 e. The van der Waals surface area contributed by atoms with Crippen LogP contribution < -0.4 is 0 Å². The molecule has 88 valence electrons. The smallest absolute Gasteiger partial charge is 0.00218 e. The molecule has 0 heterocycles. The molecule has 0 aliphatic rings. The average molecular weight is 201 g/mol. The zero-order chi connectivity index (χ0) is 11.4. The van der Waals surface area contributed by atoms with Gasteiger partial charge in [-0.25, -0.2) is 0 Å². The highest BCUT2D eigenvalue weighted by Crippen LogP contribution is 2.06. The Labute approximate surface area is 91.9 Å². The lowest BCUT2D eigenvalue weighted by molar-refractivity contribution is 0.321. The lowest BCUT2D eigenvalue weighted by Crippen LogP contribution is -2.20. The normalized spacial score (nSPS) is 10.3. The van der Waals surface area contributed by atoms with Crippen molar-refractivity contribution in [3.8, 4) is 0 Å². The van der Waals surface area contributed by atoms with Crippen LogP contribution in [0.5, 0.6) is 0 Å². The van der Waals surface area contributed by atoms with Crippen LogP contribution in [-0.4, -0.2) is 25.0 Å². The fourth-order valence-corrected chi connectivity index (χ4v) is 1.43. The van der Waals surface area contributed by atoms with E-state index in [2.05, 4.69) is 32.7 Å². The lowest BCUT2D eigenvalue weighted by atomic mass is 10.1. The largest absolute Gasteiger partial charge is 0.306 e. The third-order valence-electron chi connectivity index (χ3n) is 2.18. The lowest BCUT2D eigenvalue weighted by Gasteiger charge is -2.15.